The Kier molecular flexibility index (Phi) is 4.22. The van der Waals surface area contributed by atoms with Crippen molar-refractivity contribution in [2.75, 3.05) is 13.7 Å². The summed E-state index contributed by atoms with van der Waals surface area (Å²) in [6, 6.07) is 4.08. The van der Waals surface area contributed by atoms with Gasteiger partial charge in [0.25, 0.3) is 0 Å². The van der Waals surface area contributed by atoms with Crippen LogP contribution in [0.5, 0.6) is 5.75 Å². The number of hydrogen-bond donors (Lipinski definition) is 2. The Labute approximate surface area is 114 Å². The quantitative estimate of drug-likeness (QED) is 0.868. The van der Waals surface area contributed by atoms with Gasteiger partial charge in [-0.1, -0.05) is 6.92 Å². The van der Waals surface area contributed by atoms with E-state index in [1.54, 1.807) is 7.11 Å². The van der Waals surface area contributed by atoms with Crippen LogP contribution in [0.2, 0.25) is 0 Å². The molecule has 0 aliphatic heterocycles. The predicted octanol–water partition coefficient (Wildman–Crippen LogP) is 2.81. The minimum Gasteiger partial charge on any atom is -0.496 e. The number of ether oxygens (including phenoxy) is 1. The summed E-state index contributed by atoms with van der Waals surface area (Å²) in [5.74, 6) is 1.89. The van der Waals surface area contributed by atoms with Crippen LogP contribution in [0.1, 0.15) is 23.9 Å². The Bertz CT molecular complexity index is 561. The fourth-order valence-corrected chi connectivity index (χ4v) is 2.14. The molecule has 0 unspecified atom stereocenters. The van der Waals surface area contributed by atoms with Crippen molar-refractivity contribution >= 4 is 0 Å². The van der Waals surface area contributed by atoms with Gasteiger partial charge in [-0.05, 0) is 43.7 Å². The summed E-state index contributed by atoms with van der Waals surface area (Å²) < 4.78 is 5.34. The van der Waals surface area contributed by atoms with Crippen molar-refractivity contribution in [1.82, 2.24) is 15.3 Å². The van der Waals surface area contributed by atoms with Crippen LogP contribution >= 0.6 is 0 Å². The van der Waals surface area contributed by atoms with E-state index in [9.17, 15) is 0 Å². The van der Waals surface area contributed by atoms with Gasteiger partial charge in [-0.2, -0.15) is 0 Å². The topological polar surface area (TPSA) is 49.9 Å². The van der Waals surface area contributed by atoms with Gasteiger partial charge in [0.2, 0.25) is 0 Å². The zero-order chi connectivity index (χ0) is 13.8. The van der Waals surface area contributed by atoms with Gasteiger partial charge in [-0.25, -0.2) is 4.98 Å². The summed E-state index contributed by atoms with van der Waals surface area (Å²) in [4.78, 5) is 7.75. The summed E-state index contributed by atoms with van der Waals surface area (Å²) in [5, 5.41) is 3.26. The van der Waals surface area contributed by atoms with Crippen molar-refractivity contribution in [2.45, 2.75) is 27.3 Å². The first-order chi connectivity index (χ1) is 9.17. The minimum atomic E-state index is 0.769. The molecular weight excluding hydrogens is 238 g/mol. The molecule has 2 rings (SSSR count). The lowest BCUT2D eigenvalue weighted by Gasteiger charge is -2.11. The zero-order valence-electron chi connectivity index (χ0n) is 12.0. The molecule has 1 aromatic heterocycles. The highest BCUT2D eigenvalue weighted by Crippen LogP contribution is 2.29. The SMILES string of the molecule is CCNCc1ncc(-c2ccc(OC)c(C)c2C)[nH]1. The third-order valence-electron chi connectivity index (χ3n) is 3.42. The lowest BCUT2D eigenvalue weighted by Crippen LogP contribution is -2.12. The molecule has 0 bridgehead atoms. The summed E-state index contributed by atoms with van der Waals surface area (Å²) >= 11 is 0. The number of rotatable bonds is 5. The second kappa shape index (κ2) is 5.89. The molecule has 0 spiro atoms. The number of nitrogens with one attached hydrogen (secondary N) is 2. The Morgan fingerprint density at radius 2 is 2.05 bits per heavy atom. The minimum absolute atomic E-state index is 0.769. The molecule has 19 heavy (non-hydrogen) atoms. The van der Waals surface area contributed by atoms with Crippen LogP contribution in [-0.4, -0.2) is 23.6 Å². The Balaban J connectivity index is 2.31. The maximum absolute atomic E-state index is 5.34. The lowest BCUT2D eigenvalue weighted by atomic mass is 10.0. The zero-order valence-corrected chi connectivity index (χ0v) is 12.0. The lowest BCUT2D eigenvalue weighted by molar-refractivity contribution is 0.411. The molecule has 102 valence electrons. The second-order valence-corrected chi connectivity index (χ2v) is 4.59. The molecule has 1 heterocycles. The molecule has 0 amide bonds. The van der Waals surface area contributed by atoms with E-state index >= 15 is 0 Å². The summed E-state index contributed by atoms with van der Waals surface area (Å²) in [5.41, 5.74) is 4.62. The number of methoxy groups -OCH3 is 1. The number of benzene rings is 1. The van der Waals surface area contributed by atoms with Gasteiger partial charge in [0.05, 0.1) is 25.5 Å². The molecule has 2 N–H and O–H groups in total. The van der Waals surface area contributed by atoms with Gasteiger partial charge in [0, 0.05) is 5.56 Å². The number of aromatic amines is 1. The van der Waals surface area contributed by atoms with E-state index in [-0.39, 0.29) is 0 Å². The maximum atomic E-state index is 5.34. The number of hydrogen-bond acceptors (Lipinski definition) is 3. The molecule has 0 fully saturated rings. The van der Waals surface area contributed by atoms with Crippen molar-refractivity contribution in [3.8, 4) is 17.0 Å². The molecule has 2 aromatic rings. The molecule has 0 radical (unpaired) electrons. The van der Waals surface area contributed by atoms with Gasteiger partial charge < -0.3 is 15.0 Å². The van der Waals surface area contributed by atoms with Crippen LogP contribution in [-0.2, 0) is 6.54 Å². The molecule has 0 saturated carbocycles. The molecule has 1 aromatic carbocycles. The molecule has 0 aliphatic carbocycles. The highest BCUT2D eigenvalue weighted by Gasteiger charge is 2.10. The van der Waals surface area contributed by atoms with E-state index in [2.05, 4.69) is 42.1 Å². The molecule has 0 saturated heterocycles. The normalized spacial score (nSPS) is 10.7. The highest BCUT2D eigenvalue weighted by molar-refractivity contribution is 5.66. The first-order valence-electron chi connectivity index (χ1n) is 6.56. The van der Waals surface area contributed by atoms with E-state index in [1.165, 1.54) is 16.7 Å². The summed E-state index contributed by atoms with van der Waals surface area (Å²) in [6.07, 6.45) is 1.89. The first kappa shape index (κ1) is 13.6. The van der Waals surface area contributed by atoms with Gasteiger partial charge in [-0.15, -0.1) is 0 Å². The number of imidazole rings is 1. The number of aromatic nitrogens is 2. The van der Waals surface area contributed by atoms with E-state index in [1.807, 2.05) is 12.3 Å². The first-order valence-corrected chi connectivity index (χ1v) is 6.56. The number of H-pyrrole nitrogens is 1. The molecule has 4 nitrogen and oxygen atoms in total. The van der Waals surface area contributed by atoms with Crippen molar-refractivity contribution < 1.29 is 4.74 Å². The van der Waals surface area contributed by atoms with Crippen molar-refractivity contribution in [1.29, 1.82) is 0 Å². The fourth-order valence-electron chi connectivity index (χ4n) is 2.14. The smallest absolute Gasteiger partial charge is 0.122 e. The fraction of sp³-hybridized carbons (Fsp3) is 0.400. The van der Waals surface area contributed by atoms with Gasteiger partial charge >= 0.3 is 0 Å². The molecule has 0 atom stereocenters. The second-order valence-electron chi connectivity index (χ2n) is 4.59. The van der Waals surface area contributed by atoms with Crippen LogP contribution in [0, 0.1) is 13.8 Å². The van der Waals surface area contributed by atoms with E-state index in [0.29, 0.717) is 0 Å². The van der Waals surface area contributed by atoms with Gasteiger partial charge in [0.15, 0.2) is 0 Å². The Hall–Kier alpha value is -1.81. The Morgan fingerprint density at radius 3 is 2.74 bits per heavy atom. The maximum Gasteiger partial charge on any atom is 0.122 e. The summed E-state index contributed by atoms with van der Waals surface area (Å²) in [6.45, 7) is 7.98. The van der Waals surface area contributed by atoms with Crippen LogP contribution in [0.4, 0.5) is 0 Å². The average molecular weight is 259 g/mol. The van der Waals surface area contributed by atoms with E-state index in [0.717, 1.165) is 30.4 Å². The van der Waals surface area contributed by atoms with E-state index < -0.39 is 0 Å². The van der Waals surface area contributed by atoms with Crippen molar-refractivity contribution in [3.63, 3.8) is 0 Å². The van der Waals surface area contributed by atoms with Gasteiger partial charge in [-0.3, -0.25) is 0 Å². The third kappa shape index (κ3) is 2.79. The van der Waals surface area contributed by atoms with E-state index in [4.69, 9.17) is 4.74 Å². The highest BCUT2D eigenvalue weighted by atomic mass is 16.5. The van der Waals surface area contributed by atoms with Crippen molar-refractivity contribution in [3.05, 3.63) is 35.3 Å². The standard InChI is InChI=1S/C15H21N3O/c1-5-16-9-15-17-8-13(18-15)12-6-7-14(19-4)11(3)10(12)2/h6-8,16H,5,9H2,1-4H3,(H,17,18). The molecule has 0 aliphatic rings. The van der Waals surface area contributed by atoms with Crippen molar-refractivity contribution in [2.24, 2.45) is 0 Å². The Morgan fingerprint density at radius 1 is 1.26 bits per heavy atom. The number of nitrogens with zero attached hydrogens (tertiary/aromatic N) is 1. The van der Waals surface area contributed by atoms with Crippen LogP contribution in [0.25, 0.3) is 11.3 Å². The van der Waals surface area contributed by atoms with Gasteiger partial charge in [0.1, 0.15) is 11.6 Å². The van der Waals surface area contributed by atoms with Crippen LogP contribution < -0.4 is 10.1 Å². The summed E-state index contributed by atoms with van der Waals surface area (Å²) in [7, 11) is 1.70. The van der Waals surface area contributed by atoms with Crippen LogP contribution in [0.3, 0.4) is 0 Å². The molecular formula is C15H21N3O. The molecule has 4 heteroatoms. The predicted molar refractivity (Wildman–Crippen MR) is 77.4 cm³/mol. The largest absolute Gasteiger partial charge is 0.496 e. The monoisotopic (exact) mass is 259 g/mol. The third-order valence-corrected chi connectivity index (χ3v) is 3.42. The average Bonchev–Trinajstić information content (AvgIpc) is 2.88. The van der Waals surface area contributed by atoms with Crippen LogP contribution in [0.15, 0.2) is 18.3 Å².